The lowest BCUT2D eigenvalue weighted by atomic mass is 10.3. The molecule has 4 nitrogen and oxygen atoms in total. The molecule has 0 aromatic carbocycles. The number of aromatic nitrogens is 1. The van der Waals surface area contributed by atoms with Gasteiger partial charge >= 0.3 is 0 Å². The lowest BCUT2D eigenvalue weighted by Crippen LogP contribution is -2.29. The van der Waals surface area contributed by atoms with Crippen molar-refractivity contribution in [2.45, 2.75) is 26.7 Å². The van der Waals surface area contributed by atoms with E-state index >= 15 is 0 Å². The zero-order chi connectivity index (χ0) is 15.8. The smallest absolute Gasteiger partial charge is 0.168 e. The van der Waals surface area contributed by atoms with Crippen molar-refractivity contribution in [1.29, 1.82) is 0 Å². The van der Waals surface area contributed by atoms with Gasteiger partial charge in [-0.25, -0.2) is 13.8 Å². The molecular weight excluding hydrogens is 274 g/mol. The normalized spacial score (nSPS) is 11.0. The average Bonchev–Trinajstić information content (AvgIpc) is 2.43. The summed E-state index contributed by atoms with van der Waals surface area (Å²) in [7, 11) is 4.00. The van der Waals surface area contributed by atoms with Gasteiger partial charge in [-0.3, -0.25) is 0 Å². The van der Waals surface area contributed by atoms with Gasteiger partial charge in [-0.1, -0.05) is 6.92 Å². The first-order valence-electron chi connectivity index (χ1n) is 7.49. The lowest BCUT2D eigenvalue weighted by Gasteiger charge is -2.24. The second kappa shape index (κ2) is 8.77. The van der Waals surface area contributed by atoms with E-state index in [0.29, 0.717) is 19.6 Å². The highest BCUT2D eigenvalue weighted by Gasteiger charge is 2.16. The summed E-state index contributed by atoms with van der Waals surface area (Å²) in [5.74, 6) is -0.911. The molecule has 120 valence electrons. The molecule has 1 N–H and O–H groups in total. The molecule has 0 unspecified atom stereocenters. The summed E-state index contributed by atoms with van der Waals surface area (Å²) < 4.78 is 27.7. The Morgan fingerprint density at radius 2 is 1.86 bits per heavy atom. The molecule has 0 aliphatic rings. The molecule has 6 heteroatoms. The molecule has 1 heterocycles. The highest BCUT2D eigenvalue weighted by molar-refractivity contribution is 5.49. The third-order valence-electron chi connectivity index (χ3n) is 3.17. The van der Waals surface area contributed by atoms with Gasteiger partial charge in [-0.2, -0.15) is 0 Å². The summed E-state index contributed by atoms with van der Waals surface area (Å²) in [6.07, 6.45) is 1.76. The zero-order valence-electron chi connectivity index (χ0n) is 13.4. The highest BCUT2D eigenvalue weighted by atomic mass is 19.1. The first-order valence-corrected chi connectivity index (χ1v) is 7.49. The van der Waals surface area contributed by atoms with E-state index in [4.69, 9.17) is 0 Å². The van der Waals surface area contributed by atoms with Crippen molar-refractivity contribution < 1.29 is 8.78 Å². The summed E-state index contributed by atoms with van der Waals surface area (Å²) in [6, 6.07) is 0.912. The Morgan fingerprint density at radius 3 is 2.43 bits per heavy atom. The SMILES string of the molecule is CCCNc1nc(N(CC)CCCN(C)C)c(F)cc1F. The van der Waals surface area contributed by atoms with Crippen LogP contribution in [0.1, 0.15) is 26.7 Å². The van der Waals surface area contributed by atoms with Crippen LogP contribution in [-0.2, 0) is 0 Å². The summed E-state index contributed by atoms with van der Waals surface area (Å²) in [5, 5.41) is 2.90. The number of anilines is 2. The predicted octanol–water partition coefficient (Wildman–Crippen LogP) is 2.96. The molecule has 21 heavy (non-hydrogen) atoms. The minimum absolute atomic E-state index is 0.124. The van der Waals surface area contributed by atoms with Crippen LogP contribution in [0.15, 0.2) is 6.07 Å². The molecular formula is C15H26F2N4. The van der Waals surface area contributed by atoms with Crippen LogP contribution in [0.2, 0.25) is 0 Å². The molecule has 0 spiro atoms. The Balaban J connectivity index is 2.86. The molecule has 0 saturated heterocycles. The molecule has 0 aliphatic carbocycles. The minimum atomic E-state index is -0.644. The van der Waals surface area contributed by atoms with E-state index in [1.165, 1.54) is 0 Å². The van der Waals surface area contributed by atoms with Crippen LogP contribution in [0.4, 0.5) is 20.4 Å². The van der Waals surface area contributed by atoms with Crippen molar-refractivity contribution in [2.24, 2.45) is 0 Å². The molecule has 1 aromatic rings. The number of hydrogen-bond acceptors (Lipinski definition) is 4. The maximum atomic E-state index is 14.0. The molecule has 1 rings (SSSR count). The number of nitrogens with one attached hydrogen (secondary N) is 1. The number of hydrogen-bond donors (Lipinski definition) is 1. The molecule has 0 saturated carbocycles. The predicted molar refractivity (Wildman–Crippen MR) is 84.0 cm³/mol. The quantitative estimate of drug-likeness (QED) is 0.760. The van der Waals surface area contributed by atoms with E-state index in [9.17, 15) is 8.78 Å². The summed E-state index contributed by atoms with van der Waals surface area (Å²) in [4.78, 5) is 8.05. The van der Waals surface area contributed by atoms with Crippen LogP contribution in [0.25, 0.3) is 0 Å². The van der Waals surface area contributed by atoms with Crippen molar-refractivity contribution in [3.05, 3.63) is 17.7 Å². The van der Waals surface area contributed by atoms with Crippen molar-refractivity contribution >= 4 is 11.6 Å². The van der Waals surface area contributed by atoms with E-state index in [-0.39, 0.29) is 11.6 Å². The van der Waals surface area contributed by atoms with Gasteiger partial charge < -0.3 is 15.1 Å². The number of nitrogens with zero attached hydrogens (tertiary/aromatic N) is 3. The van der Waals surface area contributed by atoms with Crippen molar-refractivity contribution in [1.82, 2.24) is 9.88 Å². The Kier molecular flexibility index (Phi) is 7.36. The average molecular weight is 300 g/mol. The maximum Gasteiger partial charge on any atom is 0.168 e. The highest BCUT2D eigenvalue weighted by Crippen LogP contribution is 2.22. The van der Waals surface area contributed by atoms with Gasteiger partial charge in [0.15, 0.2) is 23.3 Å². The Morgan fingerprint density at radius 1 is 1.14 bits per heavy atom. The van der Waals surface area contributed by atoms with E-state index in [1.54, 1.807) is 0 Å². The number of rotatable bonds is 9. The van der Waals surface area contributed by atoms with Gasteiger partial charge in [-0.15, -0.1) is 0 Å². The first kappa shape index (κ1) is 17.6. The Hall–Kier alpha value is -1.43. The molecule has 0 fully saturated rings. The van der Waals surface area contributed by atoms with E-state index in [0.717, 1.165) is 25.5 Å². The van der Waals surface area contributed by atoms with E-state index in [2.05, 4.69) is 15.2 Å². The van der Waals surface area contributed by atoms with Gasteiger partial charge in [0, 0.05) is 25.7 Å². The van der Waals surface area contributed by atoms with Crippen molar-refractivity contribution in [3.63, 3.8) is 0 Å². The molecule has 0 amide bonds. The number of pyridine rings is 1. The van der Waals surface area contributed by atoms with Gasteiger partial charge in [0.2, 0.25) is 0 Å². The third kappa shape index (κ3) is 5.46. The number of halogens is 2. The van der Waals surface area contributed by atoms with Gasteiger partial charge in [0.05, 0.1) is 0 Å². The summed E-state index contributed by atoms with van der Waals surface area (Å²) in [6.45, 7) is 6.78. The van der Waals surface area contributed by atoms with Crippen LogP contribution < -0.4 is 10.2 Å². The second-order valence-corrected chi connectivity index (χ2v) is 5.29. The second-order valence-electron chi connectivity index (χ2n) is 5.29. The van der Waals surface area contributed by atoms with Crippen molar-refractivity contribution in [2.75, 3.05) is 50.5 Å². The van der Waals surface area contributed by atoms with Crippen LogP contribution in [0.3, 0.4) is 0 Å². The van der Waals surface area contributed by atoms with Crippen LogP contribution >= 0.6 is 0 Å². The van der Waals surface area contributed by atoms with E-state index in [1.807, 2.05) is 32.8 Å². The zero-order valence-corrected chi connectivity index (χ0v) is 13.4. The fourth-order valence-corrected chi connectivity index (χ4v) is 2.04. The summed E-state index contributed by atoms with van der Waals surface area (Å²) in [5.41, 5.74) is 0. The molecule has 1 aromatic heterocycles. The van der Waals surface area contributed by atoms with Crippen LogP contribution in [-0.4, -0.2) is 50.2 Å². The molecule has 0 atom stereocenters. The molecule has 0 radical (unpaired) electrons. The van der Waals surface area contributed by atoms with Crippen molar-refractivity contribution in [3.8, 4) is 0 Å². The summed E-state index contributed by atoms with van der Waals surface area (Å²) >= 11 is 0. The van der Waals surface area contributed by atoms with Crippen LogP contribution in [0, 0.1) is 11.6 Å². The van der Waals surface area contributed by atoms with E-state index < -0.39 is 11.6 Å². The first-order chi connectivity index (χ1) is 9.99. The largest absolute Gasteiger partial charge is 0.368 e. The standard InChI is InChI=1S/C15H26F2N4/c1-5-8-18-14-12(16)11-13(17)15(19-14)21(6-2)10-7-9-20(3)4/h11H,5-10H2,1-4H3,(H,18,19). The fourth-order valence-electron chi connectivity index (χ4n) is 2.04. The third-order valence-corrected chi connectivity index (χ3v) is 3.17. The molecule has 0 bridgehead atoms. The van der Waals surface area contributed by atoms with Gasteiger partial charge in [0.1, 0.15) is 0 Å². The lowest BCUT2D eigenvalue weighted by molar-refractivity contribution is 0.400. The maximum absolute atomic E-state index is 14.0. The topological polar surface area (TPSA) is 31.4 Å². The minimum Gasteiger partial charge on any atom is -0.368 e. The van der Waals surface area contributed by atoms with Gasteiger partial charge in [-0.05, 0) is 40.4 Å². The Bertz CT molecular complexity index is 438. The van der Waals surface area contributed by atoms with Gasteiger partial charge in [0.25, 0.3) is 0 Å². The Labute approximate surface area is 126 Å². The molecule has 0 aliphatic heterocycles. The van der Waals surface area contributed by atoms with Crippen LogP contribution in [0.5, 0.6) is 0 Å². The monoisotopic (exact) mass is 300 g/mol. The fraction of sp³-hybridized carbons (Fsp3) is 0.667.